The van der Waals surface area contributed by atoms with Crippen LogP contribution in [-0.4, -0.2) is 57.5 Å². The molecule has 1 fully saturated rings. The molecule has 0 spiro atoms. The molecule has 30 heavy (non-hydrogen) atoms. The summed E-state index contributed by atoms with van der Waals surface area (Å²) in [5.41, 5.74) is 7.10. The number of aromatic nitrogens is 3. The number of nitrogen functional groups attached to an aromatic ring is 1. The molecule has 1 aromatic heterocycles. The zero-order chi connectivity index (χ0) is 21.1. The molecule has 9 heteroatoms. The molecule has 1 saturated heterocycles. The van der Waals surface area contributed by atoms with Crippen molar-refractivity contribution >= 4 is 34.6 Å². The molecule has 158 valence electrons. The second-order valence-corrected chi connectivity index (χ2v) is 8.45. The van der Waals surface area contributed by atoms with E-state index >= 15 is 0 Å². The topological polar surface area (TPSA) is 83.4 Å². The fourth-order valence-electron chi connectivity index (χ4n) is 3.89. The number of aliphatic hydroxyl groups is 1. The van der Waals surface area contributed by atoms with Gasteiger partial charge in [0.2, 0.25) is 0 Å². The Morgan fingerprint density at radius 2 is 1.73 bits per heavy atom. The van der Waals surface area contributed by atoms with Gasteiger partial charge in [-0.2, -0.15) is 5.10 Å². The number of benzene rings is 2. The molecule has 3 N–H and O–H groups in total. The van der Waals surface area contributed by atoms with Crippen molar-refractivity contribution in [2.45, 2.75) is 12.1 Å². The monoisotopic (exact) mass is 446 g/mol. The number of β-amino-alcohol motifs (C(OH)–C–C–N with tert-alkyl or cyclic N) is 1. The summed E-state index contributed by atoms with van der Waals surface area (Å²) in [5.74, 6) is 0. The first-order valence-corrected chi connectivity index (χ1v) is 10.5. The maximum atomic E-state index is 11.7. The molecular weight excluding hydrogens is 423 g/mol. The lowest BCUT2D eigenvalue weighted by Crippen LogP contribution is -2.52. The van der Waals surface area contributed by atoms with Gasteiger partial charge in [0.25, 0.3) is 0 Å². The number of anilines is 2. The molecule has 3 aromatic rings. The molecule has 7 nitrogen and oxygen atoms in total. The smallest absolute Gasteiger partial charge is 0.137 e. The highest BCUT2D eigenvalue weighted by Crippen LogP contribution is 2.33. The van der Waals surface area contributed by atoms with E-state index < -0.39 is 5.60 Å². The number of rotatable bonds is 6. The highest BCUT2D eigenvalue weighted by molar-refractivity contribution is 6.35. The summed E-state index contributed by atoms with van der Waals surface area (Å²) in [6, 6.07) is 13.1. The summed E-state index contributed by atoms with van der Waals surface area (Å²) in [5, 5.41) is 16.8. The molecular formula is C21H24Cl2N6O. The Kier molecular flexibility index (Phi) is 6.15. The van der Waals surface area contributed by atoms with E-state index in [4.69, 9.17) is 28.9 Å². The van der Waals surface area contributed by atoms with Crippen molar-refractivity contribution < 1.29 is 5.11 Å². The summed E-state index contributed by atoms with van der Waals surface area (Å²) in [4.78, 5) is 8.56. The summed E-state index contributed by atoms with van der Waals surface area (Å²) < 4.78 is 1.62. The fraction of sp³-hybridized carbons (Fsp3) is 0.333. The molecule has 1 unspecified atom stereocenters. The summed E-state index contributed by atoms with van der Waals surface area (Å²) in [6.07, 6.45) is 3.04. The van der Waals surface area contributed by atoms with Crippen LogP contribution in [0.25, 0.3) is 0 Å². The van der Waals surface area contributed by atoms with Gasteiger partial charge in [-0.1, -0.05) is 29.3 Å². The highest BCUT2D eigenvalue weighted by Gasteiger charge is 2.35. The van der Waals surface area contributed by atoms with Crippen LogP contribution < -0.4 is 10.6 Å². The van der Waals surface area contributed by atoms with Gasteiger partial charge >= 0.3 is 0 Å². The van der Waals surface area contributed by atoms with Gasteiger partial charge in [-0.15, -0.1) is 0 Å². The molecule has 0 saturated carbocycles. The maximum absolute atomic E-state index is 11.7. The minimum Gasteiger partial charge on any atom is -0.399 e. The van der Waals surface area contributed by atoms with Crippen LogP contribution in [0, 0.1) is 0 Å². The van der Waals surface area contributed by atoms with Crippen molar-refractivity contribution in [1.82, 2.24) is 19.7 Å². The summed E-state index contributed by atoms with van der Waals surface area (Å²) in [6.45, 7) is 4.01. The van der Waals surface area contributed by atoms with Crippen LogP contribution in [0.4, 0.5) is 11.4 Å². The number of halogens is 2. The van der Waals surface area contributed by atoms with Gasteiger partial charge in [-0.25, -0.2) is 9.67 Å². The SMILES string of the molecule is Nc1ccc(N2CCN(CC(O)(Cn3cncn3)c3ccc(Cl)cc3Cl)CC2)cc1. The van der Waals surface area contributed by atoms with E-state index in [2.05, 4.69) is 19.9 Å². The second-order valence-electron chi connectivity index (χ2n) is 7.60. The van der Waals surface area contributed by atoms with Crippen molar-refractivity contribution in [3.63, 3.8) is 0 Å². The van der Waals surface area contributed by atoms with E-state index in [-0.39, 0.29) is 6.54 Å². The standard InChI is InChI=1S/C21H24Cl2N6O/c22-16-1-6-19(20(23)11-16)21(30,13-29-15-25-14-26-29)12-27-7-9-28(10-8-27)18-4-2-17(24)3-5-18/h1-6,11,14-15,30H,7-10,12-13,24H2. The largest absolute Gasteiger partial charge is 0.399 e. The Morgan fingerprint density at radius 3 is 2.37 bits per heavy atom. The molecule has 0 bridgehead atoms. The predicted molar refractivity (Wildman–Crippen MR) is 120 cm³/mol. The van der Waals surface area contributed by atoms with Gasteiger partial charge in [-0.05, 0) is 36.4 Å². The molecule has 0 radical (unpaired) electrons. The van der Waals surface area contributed by atoms with Gasteiger partial charge in [0, 0.05) is 59.7 Å². The third-order valence-electron chi connectivity index (χ3n) is 5.44. The highest BCUT2D eigenvalue weighted by atomic mass is 35.5. The number of hydrogen-bond acceptors (Lipinski definition) is 6. The third kappa shape index (κ3) is 4.70. The lowest BCUT2D eigenvalue weighted by Gasteiger charge is -2.40. The normalized spacial score (nSPS) is 17.1. The van der Waals surface area contributed by atoms with Crippen LogP contribution in [0.5, 0.6) is 0 Å². The molecule has 1 aliphatic heterocycles. The maximum Gasteiger partial charge on any atom is 0.137 e. The van der Waals surface area contributed by atoms with Crippen molar-refractivity contribution in [1.29, 1.82) is 0 Å². The van der Waals surface area contributed by atoms with Crippen LogP contribution in [0.3, 0.4) is 0 Å². The van der Waals surface area contributed by atoms with Crippen LogP contribution in [0.2, 0.25) is 10.0 Å². The van der Waals surface area contributed by atoms with E-state index in [1.807, 2.05) is 24.3 Å². The molecule has 1 atom stereocenters. The molecule has 1 aliphatic rings. The number of nitrogens with zero attached hydrogens (tertiary/aromatic N) is 5. The second kappa shape index (κ2) is 8.81. The number of hydrogen-bond donors (Lipinski definition) is 2. The predicted octanol–water partition coefficient (Wildman–Crippen LogP) is 2.88. The molecule has 0 aliphatic carbocycles. The average molecular weight is 447 g/mol. The number of nitrogens with two attached hydrogens (primary N) is 1. The lowest BCUT2D eigenvalue weighted by molar-refractivity contribution is -0.0198. The van der Waals surface area contributed by atoms with Gasteiger partial charge in [0.05, 0.1) is 6.54 Å². The third-order valence-corrected chi connectivity index (χ3v) is 5.99. The van der Waals surface area contributed by atoms with Gasteiger partial charge in [0.1, 0.15) is 18.3 Å². The Balaban J connectivity index is 1.50. The van der Waals surface area contributed by atoms with Crippen LogP contribution in [0.1, 0.15) is 5.56 Å². The van der Waals surface area contributed by atoms with Crippen LogP contribution in [0.15, 0.2) is 55.1 Å². The van der Waals surface area contributed by atoms with Crippen LogP contribution >= 0.6 is 23.2 Å². The van der Waals surface area contributed by atoms with E-state index in [0.29, 0.717) is 22.2 Å². The molecule has 0 amide bonds. The van der Waals surface area contributed by atoms with Crippen molar-refractivity contribution in [3.8, 4) is 0 Å². The van der Waals surface area contributed by atoms with E-state index in [0.717, 1.165) is 37.6 Å². The Hall–Kier alpha value is -2.32. The van der Waals surface area contributed by atoms with Crippen molar-refractivity contribution in [2.75, 3.05) is 43.4 Å². The van der Waals surface area contributed by atoms with Crippen molar-refractivity contribution in [3.05, 3.63) is 70.7 Å². The minimum absolute atomic E-state index is 0.243. The fourth-order valence-corrected chi connectivity index (χ4v) is 4.47. The molecule has 2 heterocycles. The van der Waals surface area contributed by atoms with E-state index in [1.165, 1.54) is 6.33 Å². The summed E-state index contributed by atoms with van der Waals surface area (Å²) in [7, 11) is 0. The minimum atomic E-state index is -1.24. The zero-order valence-corrected chi connectivity index (χ0v) is 18.0. The summed E-state index contributed by atoms with van der Waals surface area (Å²) >= 11 is 12.5. The first-order chi connectivity index (χ1) is 14.4. The first-order valence-electron chi connectivity index (χ1n) is 9.76. The lowest BCUT2D eigenvalue weighted by atomic mass is 9.92. The first kappa shape index (κ1) is 20.9. The van der Waals surface area contributed by atoms with Crippen molar-refractivity contribution in [2.24, 2.45) is 0 Å². The number of piperazine rings is 1. The van der Waals surface area contributed by atoms with E-state index in [9.17, 15) is 5.11 Å². The van der Waals surface area contributed by atoms with Gasteiger partial charge < -0.3 is 15.7 Å². The van der Waals surface area contributed by atoms with Gasteiger partial charge in [0.15, 0.2) is 0 Å². The van der Waals surface area contributed by atoms with E-state index in [1.54, 1.807) is 29.2 Å². The molecule has 2 aromatic carbocycles. The molecule has 4 rings (SSSR count). The van der Waals surface area contributed by atoms with Crippen LogP contribution in [-0.2, 0) is 12.1 Å². The Bertz CT molecular complexity index is 974. The van der Waals surface area contributed by atoms with Gasteiger partial charge in [-0.3, -0.25) is 4.90 Å². The zero-order valence-electron chi connectivity index (χ0n) is 16.5. The Morgan fingerprint density at radius 1 is 1.00 bits per heavy atom. The quantitative estimate of drug-likeness (QED) is 0.566. The average Bonchev–Trinajstić information content (AvgIpc) is 3.21. The Labute approximate surface area is 185 Å².